The zero-order chi connectivity index (χ0) is 14.5. The van der Waals surface area contributed by atoms with Crippen LogP contribution in [0, 0.1) is 5.82 Å². The van der Waals surface area contributed by atoms with Crippen LogP contribution in [-0.4, -0.2) is 19.7 Å². The summed E-state index contributed by atoms with van der Waals surface area (Å²) >= 11 is 0. The summed E-state index contributed by atoms with van der Waals surface area (Å²) in [6.45, 7) is 9.66. The maximum atomic E-state index is 13.8. The highest BCUT2D eigenvalue weighted by Crippen LogP contribution is 2.31. The fourth-order valence-electron chi connectivity index (χ4n) is 2.43. The van der Waals surface area contributed by atoms with Crippen LogP contribution < -0.4 is 10.1 Å². The molecule has 0 fully saturated rings. The summed E-state index contributed by atoms with van der Waals surface area (Å²) in [5, 5.41) is 3.48. The zero-order valence-corrected chi connectivity index (χ0v) is 12.7. The van der Waals surface area contributed by atoms with E-state index in [4.69, 9.17) is 4.74 Å². The van der Waals surface area contributed by atoms with Gasteiger partial charge in [0.1, 0.15) is 0 Å². The second-order valence-electron chi connectivity index (χ2n) is 5.79. The molecule has 1 aromatic rings. The van der Waals surface area contributed by atoms with Crippen molar-refractivity contribution in [1.82, 2.24) is 5.32 Å². The van der Waals surface area contributed by atoms with Crippen LogP contribution in [0.25, 0.3) is 0 Å². The third-order valence-electron chi connectivity index (χ3n) is 3.49. The normalized spacial score (nSPS) is 13.4. The van der Waals surface area contributed by atoms with Crippen molar-refractivity contribution < 1.29 is 9.13 Å². The Hall–Kier alpha value is -1.09. The zero-order valence-electron chi connectivity index (χ0n) is 12.7. The molecule has 0 saturated carbocycles. The highest BCUT2D eigenvalue weighted by Gasteiger charge is 2.24. The molecule has 0 spiro atoms. The van der Waals surface area contributed by atoms with Crippen molar-refractivity contribution in [2.24, 2.45) is 0 Å². The monoisotopic (exact) mass is 267 g/mol. The molecule has 1 aromatic carbocycles. The molecule has 0 heterocycles. The van der Waals surface area contributed by atoms with Gasteiger partial charge in [0.05, 0.1) is 7.11 Å². The Morgan fingerprint density at radius 1 is 1.37 bits per heavy atom. The molecule has 2 nitrogen and oxygen atoms in total. The van der Waals surface area contributed by atoms with E-state index in [1.807, 2.05) is 6.07 Å². The number of hydrogen-bond acceptors (Lipinski definition) is 2. The van der Waals surface area contributed by atoms with Gasteiger partial charge in [-0.15, -0.1) is 0 Å². The van der Waals surface area contributed by atoms with Crippen molar-refractivity contribution in [3.63, 3.8) is 0 Å². The first-order valence-corrected chi connectivity index (χ1v) is 6.98. The number of methoxy groups -OCH3 is 1. The summed E-state index contributed by atoms with van der Waals surface area (Å²) in [6, 6.07) is 5.66. The molecule has 0 aromatic heterocycles. The lowest BCUT2D eigenvalue weighted by atomic mass is 9.79. The van der Waals surface area contributed by atoms with Crippen LogP contribution in [0.1, 0.15) is 46.1 Å². The van der Waals surface area contributed by atoms with Gasteiger partial charge in [-0.2, -0.15) is 0 Å². The Labute approximate surface area is 116 Å². The Kier molecular flexibility index (Phi) is 5.80. The van der Waals surface area contributed by atoms with E-state index in [0.29, 0.717) is 11.8 Å². The molecule has 0 aliphatic carbocycles. The SMILES string of the molecule is CCCNC(C)CC(C)(C)c1ccc(OC)c(F)c1. The summed E-state index contributed by atoms with van der Waals surface area (Å²) in [5.74, 6) is 0.0129. The minimum Gasteiger partial charge on any atom is -0.494 e. The van der Waals surface area contributed by atoms with Crippen molar-refractivity contribution in [3.8, 4) is 5.75 Å². The Morgan fingerprint density at radius 3 is 2.58 bits per heavy atom. The van der Waals surface area contributed by atoms with E-state index in [2.05, 4.69) is 33.0 Å². The molecule has 0 bridgehead atoms. The molecule has 0 aliphatic heterocycles. The summed E-state index contributed by atoms with van der Waals surface area (Å²) in [7, 11) is 1.49. The van der Waals surface area contributed by atoms with Gasteiger partial charge in [0, 0.05) is 6.04 Å². The van der Waals surface area contributed by atoms with E-state index in [1.165, 1.54) is 7.11 Å². The highest BCUT2D eigenvalue weighted by molar-refractivity contribution is 5.33. The minimum absolute atomic E-state index is 0.0622. The van der Waals surface area contributed by atoms with E-state index in [9.17, 15) is 4.39 Å². The predicted octanol–water partition coefficient (Wildman–Crippen LogP) is 3.89. The van der Waals surface area contributed by atoms with Crippen LogP contribution in [0.15, 0.2) is 18.2 Å². The summed E-state index contributed by atoms with van der Waals surface area (Å²) in [5.41, 5.74) is 0.948. The number of nitrogens with one attached hydrogen (secondary N) is 1. The van der Waals surface area contributed by atoms with Crippen LogP contribution in [0.5, 0.6) is 5.75 Å². The molecule has 0 aliphatic rings. The Balaban J connectivity index is 2.78. The van der Waals surface area contributed by atoms with E-state index >= 15 is 0 Å². The quantitative estimate of drug-likeness (QED) is 0.809. The number of hydrogen-bond donors (Lipinski definition) is 1. The molecule has 19 heavy (non-hydrogen) atoms. The molecule has 1 atom stereocenters. The van der Waals surface area contributed by atoms with Gasteiger partial charge in [-0.3, -0.25) is 0 Å². The largest absolute Gasteiger partial charge is 0.494 e. The standard InChI is InChI=1S/C16H26FNO/c1-6-9-18-12(2)11-16(3,4)13-7-8-15(19-5)14(17)10-13/h7-8,10,12,18H,6,9,11H2,1-5H3. The minimum atomic E-state index is -0.290. The summed E-state index contributed by atoms with van der Waals surface area (Å²) in [6.07, 6.45) is 2.10. The van der Waals surface area contributed by atoms with E-state index in [-0.39, 0.29) is 11.2 Å². The molecule has 0 saturated heterocycles. The molecule has 0 amide bonds. The first-order chi connectivity index (χ1) is 8.90. The van der Waals surface area contributed by atoms with Gasteiger partial charge in [0.25, 0.3) is 0 Å². The van der Waals surface area contributed by atoms with Gasteiger partial charge in [-0.05, 0) is 49.4 Å². The lowest BCUT2D eigenvalue weighted by molar-refractivity contribution is 0.375. The van der Waals surface area contributed by atoms with Gasteiger partial charge in [-0.25, -0.2) is 4.39 Å². The third kappa shape index (κ3) is 4.50. The average Bonchev–Trinajstić information content (AvgIpc) is 2.35. The highest BCUT2D eigenvalue weighted by atomic mass is 19.1. The summed E-state index contributed by atoms with van der Waals surface area (Å²) in [4.78, 5) is 0. The lowest BCUT2D eigenvalue weighted by Gasteiger charge is -2.29. The van der Waals surface area contributed by atoms with Crippen molar-refractivity contribution in [2.45, 2.75) is 52.0 Å². The number of halogens is 1. The molecule has 0 radical (unpaired) electrons. The molecular formula is C16H26FNO. The predicted molar refractivity (Wildman–Crippen MR) is 78.4 cm³/mol. The lowest BCUT2D eigenvalue weighted by Crippen LogP contribution is -2.33. The second kappa shape index (κ2) is 6.90. The van der Waals surface area contributed by atoms with Crippen LogP contribution in [0.2, 0.25) is 0 Å². The van der Waals surface area contributed by atoms with Crippen molar-refractivity contribution in [1.29, 1.82) is 0 Å². The summed E-state index contributed by atoms with van der Waals surface area (Å²) < 4.78 is 18.7. The average molecular weight is 267 g/mol. The molecular weight excluding hydrogens is 241 g/mol. The van der Waals surface area contributed by atoms with Gasteiger partial charge < -0.3 is 10.1 Å². The van der Waals surface area contributed by atoms with Crippen molar-refractivity contribution in [3.05, 3.63) is 29.6 Å². The number of benzene rings is 1. The first-order valence-electron chi connectivity index (χ1n) is 6.98. The number of ether oxygens (including phenoxy) is 1. The topological polar surface area (TPSA) is 21.3 Å². The van der Waals surface area contributed by atoms with Gasteiger partial charge >= 0.3 is 0 Å². The van der Waals surface area contributed by atoms with Gasteiger partial charge in [-0.1, -0.05) is 26.8 Å². The fraction of sp³-hybridized carbons (Fsp3) is 0.625. The molecule has 1 N–H and O–H groups in total. The van der Waals surface area contributed by atoms with Crippen molar-refractivity contribution in [2.75, 3.05) is 13.7 Å². The third-order valence-corrected chi connectivity index (χ3v) is 3.49. The number of rotatable bonds is 7. The van der Waals surface area contributed by atoms with Crippen LogP contribution in [0.3, 0.4) is 0 Å². The van der Waals surface area contributed by atoms with Crippen LogP contribution in [-0.2, 0) is 5.41 Å². The maximum absolute atomic E-state index is 13.8. The maximum Gasteiger partial charge on any atom is 0.165 e. The van der Waals surface area contributed by atoms with Crippen LogP contribution >= 0.6 is 0 Å². The van der Waals surface area contributed by atoms with Gasteiger partial charge in [0.2, 0.25) is 0 Å². The van der Waals surface area contributed by atoms with Crippen LogP contribution in [0.4, 0.5) is 4.39 Å². The molecule has 1 unspecified atom stereocenters. The Morgan fingerprint density at radius 2 is 2.05 bits per heavy atom. The van der Waals surface area contributed by atoms with E-state index in [1.54, 1.807) is 12.1 Å². The molecule has 1 rings (SSSR count). The second-order valence-corrected chi connectivity index (χ2v) is 5.79. The molecule has 108 valence electrons. The first kappa shape index (κ1) is 16.0. The van der Waals surface area contributed by atoms with Crippen molar-refractivity contribution >= 4 is 0 Å². The Bertz CT molecular complexity index is 404. The molecule has 3 heteroatoms. The van der Waals surface area contributed by atoms with E-state index in [0.717, 1.165) is 24.9 Å². The van der Waals surface area contributed by atoms with Gasteiger partial charge in [0.15, 0.2) is 11.6 Å². The van der Waals surface area contributed by atoms with E-state index < -0.39 is 0 Å². The fourth-order valence-corrected chi connectivity index (χ4v) is 2.43. The smallest absolute Gasteiger partial charge is 0.165 e.